The second-order valence-corrected chi connectivity index (χ2v) is 9.43. The van der Waals surface area contributed by atoms with Crippen molar-refractivity contribution in [2.45, 2.75) is 19.0 Å². The van der Waals surface area contributed by atoms with E-state index in [1.165, 1.54) is 12.5 Å². The van der Waals surface area contributed by atoms with Crippen molar-refractivity contribution in [2.24, 2.45) is 0 Å². The van der Waals surface area contributed by atoms with E-state index in [0.717, 1.165) is 0 Å². The number of rotatable bonds is 7. The van der Waals surface area contributed by atoms with Gasteiger partial charge in [0.05, 0.1) is 28.1 Å². The molecule has 1 atom stereocenters. The van der Waals surface area contributed by atoms with Crippen LogP contribution in [0.2, 0.25) is 15.1 Å². The van der Waals surface area contributed by atoms with E-state index < -0.39 is 23.8 Å². The van der Waals surface area contributed by atoms with Crippen molar-refractivity contribution < 1.29 is 24.3 Å². The molecule has 1 aliphatic rings. The summed E-state index contributed by atoms with van der Waals surface area (Å²) in [5.74, 6) is -2.93. The van der Waals surface area contributed by atoms with Gasteiger partial charge in [-0.15, -0.1) is 0 Å². The van der Waals surface area contributed by atoms with E-state index in [9.17, 15) is 24.3 Å². The summed E-state index contributed by atoms with van der Waals surface area (Å²) in [5, 5.41) is 14.9. The lowest BCUT2D eigenvalue weighted by molar-refractivity contribution is -0.139. The lowest BCUT2D eigenvalue weighted by Gasteiger charge is -2.30. The number of carboxylic acids is 1. The molecule has 0 saturated carbocycles. The largest absolute Gasteiger partial charge is 0.480 e. The first-order chi connectivity index (χ1) is 17.7. The molecule has 2 heterocycles. The number of carboxylic acid groups (broad SMARTS) is 1. The lowest BCUT2D eigenvalue weighted by atomic mass is 9.96. The van der Waals surface area contributed by atoms with Crippen LogP contribution in [-0.4, -0.2) is 62.8 Å². The fourth-order valence-corrected chi connectivity index (χ4v) is 4.80. The van der Waals surface area contributed by atoms with Crippen LogP contribution in [0.15, 0.2) is 42.9 Å². The van der Waals surface area contributed by atoms with E-state index in [4.69, 9.17) is 34.8 Å². The number of benzene rings is 2. The van der Waals surface area contributed by atoms with Gasteiger partial charge >= 0.3 is 5.97 Å². The summed E-state index contributed by atoms with van der Waals surface area (Å²) in [5.41, 5.74) is 1.88. The first kappa shape index (κ1) is 26.5. The highest BCUT2D eigenvalue weighted by atomic mass is 35.5. The van der Waals surface area contributed by atoms with Gasteiger partial charge in [0, 0.05) is 30.2 Å². The molecule has 13 heteroatoms. The normalized spacial score (nSPS) is 13.4. The standard InChI is InChI=1S/C24H20Cl3N5O5/c25-14-3-1-12(2-4-14)23(35)32-6-5-15-13(10-32)7-16(26)19(20(15)27)22(34)31-18(24(36)37)9-29-21(33)17-8-28-11-30-17/h1-4,7-8,11,18H,5-6,9-10H2,(H,28,30)(H,29,33)(H,31,34)(H,36,37). The van der Waals surface area contributed by atoms with Crippen LogP contribution in [-0.2, 0) is 17.8 Å². The smallest absolute Gasteiger partial charge is 0.328 e. The number of carbonyl (C=O) groups excluding carboxylic acids is 3. The van der Waals surface area contributed by atoms with Gasteiger partial charge < -0.3 is 25.6 Å². The van der Waals surface area contributed by atoms with E-state index >= 15 is 0 Å². The summed E-state index contributed by atoms with van der Waals surface area (Å²) in [4.78, 5) is 57.6. The molecule has 3 amide bonds. The number of fused-ring (bicyclic) bond motifs is 1. The number of hydrogen-bond donors (Lipinski definition) is 4. The Morgan fingerprint density at radius 1 is 1.11 bits per heavy atom. The molecule has 0 bridgehead atoms. The van der Waals surface area contributed by atoms with Gasteiger partial charge in [0.1, 0.15) is 11.7 Å². The van der Waals surface area contributed by atoms with Gasteiger partial charge in [-0.2, -0.15) is 0 Å². The summed E-state index contributed by atoms with van der Waals surface area (Å²) in [6.07, 6.45) is 2.95. The van der Waals surface area contributed by atoms with Crippen molar-refractivity contribution in [3.05, 3.63) is 85.9 Å². The maximum absolute atomic E-state index is 13.0. The van der Waals surface area contributed by atoms with Crippen LogP contribution in [0.5, 0.6) is 0 Å². The minimum atomic E-state index is -1.45. The van der Waals surface area contributed by atoms with Gasteiger partial charge in [-0.1, -0.05) is 34.8 Å². The van der Waals surface area contributed by atoms with Gasteiger partial charge in [-0.3, -0.25) is 14.4 Å². The molecule has 1 aliphatic heterocycles. The van der Waals surface area contributed by atoms with Crippen LogP contribution in [0.1, 0.15) is 42.3 Å². The van der Waals surface area contributed by atoms with E-state index in [0.29, 0.717) is 34.7 Å². The lowest BCUT2D eigenvalue weighted by Crippen LogP contribution is -2.48. The van der Waals surface area contributed by atoms with Gasteiger partial charge in [0.2, 0.25) is 0 Å². The summed E-state index contributed by atoms with van der Waals surface area (Å²) in [6, 6.07) is 6.66. The molecule has 0 aliphatic carbocycles. The van der Waals surface area contributed by atoms with E-state index in [-0.39, 0.29) is 40.3 Å². The quantitative estimate of drug-likeness (QED) is 0.347. The number of imidazole rings is 1. The Morgan fingerprint density at radius 2 is 1.84 bits per heavy atom. The molecule has 1 aromatic heterocycles. The Labute approximate surface area is 225 Å². The third kappa shape index (κ3) is 5.87. The first-order valence-electron chi connectivity index (χ1n) is 11.0. The maximum atomic E-state index is 13.0. The summed E-state index contributed by atoms with van der Waals surface area (Å²) in [6.45, 7) is 0.199. The maximum Gasteiger partial charge on any atom is 0.328 e. The van der Waals surface area contributed by atoms with Crippen LogP contribution in [0.4, 0.5) is 0 Å². The van der Waals surface area contributed by atoms with Crippen molar-refractivity contribution in [3.63, 3.8) is 0 Å². The minimum Gasteiger partial charge on any atom is -0.480 e. The van der Waals surface area contributed by atoms with Crippen molar-refractivity contribution in [1.29, 1.82) is 0 Å². The third-order valence-electron chi connectivity index (χ3n) is 5.82. The highest BCUT2D eigenvalue weighted by Crippen LogP contribution is 2.35. The van der Waals surface area contributed by atoms with Crippen molar-refractivity contribution in [3.8, 4) is 0 Å². The average Bonchev–Trinajstić information content (AvgIpc) is 3.41. The number of aromatic nitrogens is 2. The third-order valence-corrected chi connectivity index (χ3v) is 6.79. The van der Waals surface area contributed by atoms with Crippen LogP contribution in [0.25, 0.3) is 0 Å². The van der Waals surface area contributed by atoms with Gasteiger partial charge in [0.25, 0.3) is 17.7 Å². The van der Waals surface area contributed by atoms with Crippen molar-refractivity contribution in [1.82, 2.24) is 25.5 Å². The Hall–Kier alpha value is -3.60. The highest BCUT2D eigenvalue weighted by Gasteiger charge is 2.29. The van der Waals surface area contributed by atoms with Gasteiger partial charge in [-0.25, -0.2) is 9.78 Å². The Bertz CT molecular complexity index is 1360. The number of H-pyrrole nitrogens is 1. The molecule has 0 fully saturated rings. The zero-order valence-electron chi connectivity index (χ0n) is 19.1. The van der Waals surface area contributed by atoms with E-state index in [2.05, 4.69) is 20.6 Å². The molecular weight excluding hydrogens is 545 g/mol. The summed E-state index contributed by atoms with van der Waals surface area (Å²) in [7, 11) is 0. The predicted octanol–water partition coefficient (Wildman–Crippen LogP) is 3.18. The number of nitrogens with one attached hydrogen (secondary N) is 3. The predicted molar refractivity (Wildman–Crippen MR) is 136 cm³/mol. The molecule has 192 valence electrons. The fourth-order valence-electron chi connectivity index (χ4n) is 3.91. The second-order valence-electron chi connectivity index (χ2n) is 8.21. The molecule has 10 nitrogen and oxygen atoms in total. The average molecular weight is 565 g/mol. The molecule has 37 heavy (non-hydrogen) atoms. The Balaban J connectivity index is 1.48. The molecule has 2 aromatic carbocycles. The first-order valence-corrected chi connectivity index (χ1v) is 12.1. The second kappa shape index (κ2) is 11.2. The van der Waals surface area contributed by atoms with Gasteiger partial charge in [0.15, 0.2) is 0 Å². The number of aliphatic carboxylic acids is 1. The molecule has 1 unspecified atom stereocenters. The number of halogens is 3. The fraction of sp³-hybridized carbons (Fsp3) is 0.208. The SMILES string of the molecule is O=C(NCC(NC(=O)c1c(Cl)cc2c(c1Cl)CCN(C(=O)c1ccc(Cl)cc1)C2)C(=O)O)c1cnc[nH]1. The number of carbonyl (C=O) groups is 4. The van der Waals surface area contributed by atoms with E-state index in [1.54, 1.807) is 35.2 Å². The molecule has 4 N–H and O–H groups in total. The minimum absolute atomic E-state index is 0.00711. The van der Waals surface area contributed by atoms with Crippen molar-refractivity contribution >= 4 is 58.5 Å². The zero-order chi connectivity index (χ0) is 26.7. The molecule has 0 radical (unpaired) electrons. The molecule has 0 spiro atoms. The van der Waals surface area contributed by atoms with E-state index in [1.807, 2.05) is 0 Å². The Kier molecular flexibility index (Phi) is 8.01. The number of aromatic amines is 1. The number of nitrogens with zero attached hydrogens (tertiary/aromatic N) is 2. The Morgan fingerprint density at radius 3 is 2.49 bits per heavy atom. The zero-order valence-corrected chi connectivity index (χ0v) is 21.3. The number of amides is 3. The van der Waals surface area contributed by atoms with Crippen LogP contribution >= 0.6 is 34.8 Å². The van der Waals surface area contributed by atoms with Gasteiger partial charge in [-0.05, 0) is 47.9 Å². The molecule has 4 rings (SSSR count). The topological polar surface area (TPSA) is 144 Å². The van der Waals surface area contributed by atoms with Crippen molar-refractivity contribution in [2.75, 3.05) is 13.1 Å². The molecule has 3 aromatic rings. The molecule has 0 saturated heterocycles. The number of hydrogen-bond acceptors (Lipinski definition) is 5. The van der Waals surface area contributed by atoms with Crippen LogP contribution in [0.3, 0.4) is 0 Å². The monoisotopic (exact) mass is 563 g/mol. The van der Waals surface area contributed by atoms with Crippen LogP contribution < -0.4 is 10.6 Å². The summed E-state index contributed by atoms with van der Waals surface area (Å²) >= 11 is 18.8. The highest BCUT2D eigenvalue weighted by molar-refractivity contribution is 6.40. The summed E-state index contributed by atoms with van der Waals surface area (Å²) < 4.78 is 0. The molecular formula is C24H20Cl3N5O5. The van der Waals surface area contributed by atoms with Crippen LogP contribution in [0, 0.1) is 0 Å².